The molecule has 8 heteroatoms. The van der Waals surface area contributed by atoms with Crippen LogP contribution in [0, 0.1) is 5.82 Å². The van der Waals surface area contributed by atoms with E-state index >= 15 is 0 Å². The zero-order valence-corrected chi connectivity index (χ0v) is 18.4. The van der Waals surface area contributed by atoms with Crippen molar-refractivity contribution in [1.82, 2.24) is 9.80 Å². The van der Waals surface area contributed by atoms with Gasteiger partial charge in [-0.1, -0.05) is 35.3 Å². The van der Waals surface area contributed by atoms with Crippen LogP contribution in [0.15, 0.2) is 42.5 Å². The van der Waals surface area contributed by atoms with Gasteiger partial charge in [0.05, 0.1) is 11.5 Å². The van der Waals surface area contributed by atoms with E-state index in [1.807, 2.05) is 0 Å². The van der Waals surface area contributed by atoms with Crippen LogP contribution in [0.3, 0.4) is 0 Å². The minimum atomic E-state index is -1.05. The lowest BCUT2D eigenvalue weighted by molar-refractivity contribution is -0.137. The number of hydrogen-bond acceptors (Lipinski definition) is 2. The number of amides is 2. The van der Waals surface area contributed by atoms with Gasteiger partial charge in [0.15, 0.2) is 0 Å². The second kappa shape index (κ2) is 8.44. The molecule has 2 unspecified atom stereocenters. The third-order valence-electron chi connectivity index (χ3n) is 5.79. The van der Waals surface area contributed by atoms with Crippen molar-refractivity contribution in [3.63, 3.8) is 0 Å². The van der Waals surface area contributed by atoms with Crippen LogP contribution in [0.4, 0.5) is 9.18 Å². The van der Waals surface area contributed by atoms with Gasteiger partial charge in [-0.2, -0.15) is 0 Å². The lowest BCUT2D eigenvalue weighted by atomic mass is 9.82. The first-order chi connectivity index (χ1) is 14.0. The average molecular weight is 453 g/mol. The fraction of sp³-hybridized carbons (Fsp3) is 0.364. The topological polar surface area (TPSA) is 60.9 Å². The summed E-state index contributed by atoms with van der Waals surface area (Å²) < 4.78 is 13.4. The fourth-order valence-electron chi connectivity index (χ4n) is 4.00. The van der Waals surface area contributed by atoms with E-state index in [9.17, 15) is 19.1 Å². The van der Waals surface area contributed by atoms with Gasteiger partial charge in [0.1, 0.15) is 5.82 Å². The van der Waals surface area contributed by atoms with Crippen molar-refractivity contribution in [3.05, 3.63) is 69.5 Å². The van der Waals surface area contributed by atoms with E-state index in [-0.39, 0.29) is 30.7 Å². The van der Waals surface area contributed by atoms with Crippen molar-refractivity contribution < 1.29 is 19.1 Å². The quantitative estimate of drug-likeness (QED) is 0.708. The SMILES string of the molecule is CN(C(=O)C(C)(C)c1cc(Cl)cc(Cl)c1)C1CN(C(=O)O)CC1c1ccc(F)cc1. The molecule has 0 aliphatic carbocycles. The van der Waals surface area contributed by atoms with Crippen molar-refractivity contribution in [2.45, 2.75) is 31.2 Å². The lowest BCUT2D eigenvalue weighted by Gasteiger charge is -2.35. The molecule has 2 aromatic carbocycles. The van der Waals surface area contributed by atoms with Crippen LogP contribution >= 0.6 is 23.2 Å². The molecule has 160 valence electrons. The molecule has 0 radical (unpaired) electrons. The van der Waals surface area contributed by atoms with Gasteiger partial charge in [0.2, 0.25) is 5.91 Å². The zero-order valence-electron chi connectivity index (χ0n) is 16.9. The maximum absolute atomic E-state index is 13.5. The Labute approximate surface area is 185 Å². The Hall–Kier alpha value is -2.31. The number of rotatable bonds is 4. The summed E-state index contributed by atoms with van der Waals surface area (Å²) in [4.78, 5) is 28.0. The molecule has 1 aliphatic rings. The second-order valence-corrected chi connectivity index (χ2v) is 8.99. The van der Waals surface area contributed by atoms with Crippen LogP contribution < -0.4 is 0 Å². The zero-order chi connectivity index (χ0) is 22.2. The van der Waals surface area contributed by atoms with Gasteiger partial charge in [-0.15, -0.1) is 0 Å². The molecule has 0 spiro atoms. The molecule has 1 fully saturated rings. The third kappa shape index (κ3) is 4.40. The number of carbonyl (C=O) groups excluding carboxylic acids is 1. The van der Waals surface area contributed by atoms with Gasteiger partial charge < -0.3 is 14.9 Å². The number of hydrogen-bond donors (Lipinski definition) is 1. The third-order valence-corrected chi connectivity index (χ3v) is 6.23. The molecule has 1 aliphatic heterocycles. The van der Waals surface area contributed by atoms with Crippen LogP contribution in [0.25, 0.3) is 0 Å². The molecule has 2 amide bonds. The molecule has 2 atom stereocenters. The van der Waals surface area contributed by atoms with Crippen LogP contribution in [0.5, 0.6) is 0 Å². The Morgan fingerprint density at radius 3 is 2.20 bits per heavy atom. The predicted octanol–water partition coefficient (Wildman–Crippen LogP) is 5.01. The summed E-state index contributed by atoms with van der Waals surface area (Å²) in [5.74, 6) is -0.827. The summed E-state index contributed by atoms with van der Waals surface area (Å²) in [6.07, 6.45) is -1.05. The molecule has 2 aromatic rings. The van der Waals surface area contributed by atoms with Crippen LogP contribution in [-0.2, 0) is 10.2 Å². The lowest BCUT2D eigenvalue weighted by Crippen LogP contribution is -2.49. The largest absolute Gasteiger partial charge is 0.465 e. The molecule has 0 bridgehead atoms. The highest BCUT2D eigenvalue weighted by Gasteiger charge is 2.43. The van der Waals surface area contributed by atoms with Gasteiger partial charge in [0.25, 0.3) is 0 Å². The highest BCUT2D eigenvalue weighted by Crippen LogP contribution is 2.35. The van der Waals surface area contributed by atoms with Crippen molar-refractivity contribution in [2.75, 3.05) is 20.1 Å². The highest BCUT2D eigenvalue weighted by molar-refractivity contribution is 6.34. The van der Waals surface area contributed by atoms with Gasteiger partial charge in [-0.05, 0) is 55.3 Å². The Balaban J connectivity index is 1.93. The van der Waals surface area contributed by atoms with Crippen molar-refractivity contribution in [3.8, 4) is 0 Å². The van der Waals surface area contributed by atoms with E-state index in [4.69, 9.17) is 23.2 Å². The summed E-state index contributed by atoms with van der Waals surface area (Å²) in [7, 11) is 1.67. The van der Waals surface area contributed by atoms with E-state index in [1.54, 1.807) is 56.1 Å². The minimum absolute atomic E-state index is 0.173. The summed E-state index contributed by atoms with van der Waals surface area (Å²) in [6, 6.07) is 10.6. The Morgan fingerprint density at radius 2 is 1.67 bits per heavy atom. The number of nitrogens with zero attached hydrogens (tertiary/aromatic N) is 2. The molecule has 1 N–H and O–H groups in total. The Morgan fingerprint density at radius 1 is 1.10 bits per heavy atom. The van der Waals surface area contributed by atoms with E-state index < -0.39 is 17.6 Å². The Kier molecular flexibility index (Phi) is 6.29. The number of benzene rings is 2. The van der Waals surface area contributed by atoms with Crippen molar-refractivity contribution in [2.24, 2.45) is 0 Å². The standard InChI is InChI=1S/C22H23Cl2FN2O3/c1-22(2,14-8-15(23)10-16(24)9-14)20(28)26(3)19-12-27(21(29)30)11-18(19)13-4-6-17(25)7-5-13/h4-10,18-19H,11-12H2,1-3H3,(H,29,30). The molecular weight excluding hydrogens is 430 g/mol. The van der Waals surface area contributed by atoms with Gasteiger partial charge in [-0.25, -0.2) is 9.18 Å². The number of likely N-dealkylation sites (N-methyl/N-ethyl adjacent to an activating group) is 1. The molecule has 30 heavy (non-hydrogen) atoms. The second-order valence-electron chi connectivity index (χ2n) is 8.11. The highest BCUT2D eigenvalue weighted by atomic mass is 35.5. The summed E-state index contributed by atoms with van der Waals surface area (Å²) >= 11 is 12.3. The minimum Gasteiger partial charge on any atom is -0.465 e. The molecule has 0 aromatic heterocycles. The molecule has 3 rings (SSSR count). The predicted molar refractivity (Wildman–Crippen MR) is 115 cm³/mol. The summed E-state index contributed by atoms with van der Waals surface area (Å²) in [5.41, 5.74) is 0.518. The molecule has 0 saturated carbocycles. The molecule has 1 saturated heterocycles. The van der Waals surface area contributed by atoms with E-state index in [2.05, 4.69) is 0 Å². The average Bonchev–Trinajstić information content (AvgIpc) is 3.12. The van der Waals surface area contributed by atoms with Crippen LogP contribution in [0.2, 0.25) is 10.0 Å². The number of likely N-dealkylation sites (tertiary alicyclic amines) is 1. The number of halogens is 3. The first kappa shape index (κ1) is 22.4. The number of carbonyl (C=O) groups is 2. The molecule has 5 nitrogen and oxygen atoms in total. The maximum Gasteiger partial charge on any atom is 0.407 e. The van der Waals surface area contributed by atoms with Gasteiger partial charge in [-0.3, -0.25) is 4.79 Å². The van der Waals surface area contributed by atoms with Gasteiger partial charge in [0, 0.05) is 36.1 Å². The monoisotopic (exact) mass is 452 g/mol. The first-order valence-electron chi connectivity index (χ1n) is 9.48. The van der Waals surface area contributed by atoms with Crippen LogP contribution in [-0.4, -0.2) is 53.1 Å². The maximum atomic E-state index is 13.5. The molecular formula is C22H23Cl2FN2O3. The smallest absolute Gasteiger partial charge is 0.407 e. The van der Waals surface area contributed by atoms with E-state index in [0.29, 0.717) is 15.6 Å². The summed E-state index contributed by atoms with van der Waals surface area (Å²) in [6.45, 7) is 3.97. The van der Waals surface area contributed by atoms with Crippen molar-refractivity contribution >= 4 is 35.2 Å². The van der Waals surface area contributed by atoms with Gasteiger partial charge >= 0.3 is 6.09 Å². The number of carboxylic acid groups (broad SMARTS) is 1. The van der Waals surface area contributed by atoms with E-state index in [1.165, 1.54) is 17.0 Å². The van der Waals surface area contributed by atoms with Crippen LogP contribution in [0.1, 0.15) is 30.9 Å². The fourth-order valence-corrected chi connectivity index (χ4v) is 4.53. The Bertz CT molecular complexity index is 945. The summed E-state index contributed by atoms with van der Waals surface area (Å²) in [5, 5.41) is 10.4. The molecule has 1 heterocycles. The van der Waals surface area contributed by atoms with Crippen molar-refractivity contribution in [1.29, 1.82) is 0 Å². The normalized spacial score (nSPS) is 19.1. The first-order valence-corrected chi connectivity index (χ1v) is 10.2. The van der Waals surface area contributed by atoms with E-state index in [0.717, 1.165) is 5.56 Å².